The van der Waals surface area contributed by atoms with Crippen LogP contribution in [0.5, 0.6) is 0 Å². The molecule has 3 heteroatoms. The molecule has 0 heterocycles. The zero-order chi connectivity index (χ0) is 15.4. The molecule has 0 aromatic heterocycles. The molecule has 0 aliphatic heterocycles. The molecule has 1 unspecified atom stereocenters. The van der Waals surface area contributed by atoms with Gasteiger partial charge in [0.05, 0.1) is 0 Å². The highest BCUT2D eigenvalue weighted by atomic mass is 16.5. The summed E-state index contributed by atoms with van der Waals surface area (Å²) >= 11 is 0. The molecule has 1 aromatic carbocycles. The molecule has 0 bridgehead atoms. The van der Waals surface area contributed by atoms with E-state index in [0.29, 0.717) is 0 Å². The number of benzene rings is 1. The van der Waals surface area contributed by atoms with Gasteiger partial charge in [0, 0.05) is 18.4 Å². The fraction of sp³-hybridized carbons (Fsp3) is 0.500. The minimum absolute atomic E-state index is 0.0318. The highest BCUT2D eigenvalue weighted by Crippen LogP contribution is 2.25. The number of carbonyl (C=O) groups excluding carboxylic acids is 1. The van der Waals surface area contributed by atoms with Gasteiger partial charge in [-0.3, -0.25) is 9.69 Å². The van der Waals surface area contributed by atoms with E-state index in [0.717, 1.165) is 41.6 Å². The summed E-state index contributed by atoms with van der Waals surface area (Å²) in [4.78, 5) is 14.8. The van der Waals surface area contributed by atoms with Crippen LogP contribution in [0.2, 0.25) is 0 Å². The maximum absolute atomic E-state index is 13.0. The number of carbonyl (C=O) groups is 1. The van der Waals surface area contributed by atoms with Crippen molar-refractivity contribution in [2.24, 2.45) is 0 Å². The minimum Gasteiger partial charge on any atom is -0.361 e. The fourth-order valence-corrected chi connectivity index (χ4v) is 2.91. The number of ether oxygens (including phenoxy) is 1. The number of rotatable bonds is 4. The van der Waals surface area contributed by atoms with Crippen LogP contribution in [0, 0.1) is 13.8 Å². The predicted molar refractivity (Wildman–Crippen MR) is 85.1 cm³/mol. The van der Waals surface area contributed by atoms with Gasteiger partial charge in [-0.2, -0.15) is 0 Å². The summed E-state index contributed by atoms with van der Waals surface area (Å²) in [5.74, 6) is 0.0318. The van der Waals surface area contributed by atoms with Crippen LogP contribution in [0.4, 0.5) is 0 Å². The van der Waals surface area contributed by atoms with Gasteiger partial charge in [0.2, 0.25) is 0 Å². The number of hydrogen-bond acceptors (Lipinski definition) is 2. The van der Waals surface area contributed by atoms with E-state index in [9.17, 15) is 4.79 Å². The van der Waals surface area contributed by atoms with Crippen LogP contribution in [0.1, 0.15) is 54.1 Å². The Hall–Kier alpha value is -1.61. The van der Waals surface area contributed by atoms with Gasteiger partial charge in [-0.1, -0.05) is 23.3 Å². The Morgan fingerprint density at radius 3 is 2.38 bits per heavy atom. The van der Waals surface area contributed by atoms with E-state index in [1.54, 1.807) is 7.11 Å². The highest BCUT2D eigenvalue weighted by molar-refractivity contribution is 5.95. The van der Waals surface area contributed by atoms with E-state index in [-0.39, 0.29) is 12.1 Å². The van der Waals surface area contributed by atoms with Crippen LogP contribution in [0.3, 0.4) is 0 Å². The summed E-state index contributed by atoms with van der Waals surface area (Å²) in [5.41, 5.74) is 4.06. The molecule has 1 aliphatic carbocycles. The van der Waals surface area contributed by atoms with Gasteiger partial charge in [0.1, 0.15) is 6.23 Å². The normalized spacial score (nSPS) is 16.3. The van der Waals surface area contributed by atoms with Crippen molar-refractivity contribution in [1.29, 1.82) is 0 Å². The summed E-state index contributed by atoms with van der Waals surface area (Å²) in [7, 11) is 1.65. The lowest BCUT2D eigenvalue weighted by Gasteiger charge is -2.32. The molecule has 2 rings (SSSR count). The molecule has 0 radical (unpaired) electrons. The van der Waals surface area contributed by atoms with Gasteiger partial charge in [0.15, 0.2) is 0 Å². The van der Waals surface area contributed by atoms with Crippen molar-refractivity contribution < 1.29 is 9.53 Å². The summed E-state index contributed by atoms with van der Waals surface area (Å²) in [5, 5.41) is 0. The smallest absolute Gasteiger partial charge is 0.260 e. The van der Waals surface area contributed by atoms with Crippen molar-refractivity contribution in [3.8, 4) is 0 Å². The number of allylic oxidation sites excluding steroid dienone is 2. The Kier molecular flexibility index (Phi) is 5.18. The van der Waals surface area contributed by atoms with Gasteiger partial charge in [-0.25, -0.2) is 0 Å². The maximum atomic E-state index is 13.0. The number of hydrogen-bond donors (Lipinski definition) is 0. The number of nitrogens with zero attached hydrogens (tertiary/aromatic N) is 1. The molecule has 0 saturated carbocycles. The Labute approximate surface area is 127 Å². The van der Waals surface area contributed by atoms with Crippen molar-refractivity contribution in [2.45, 2.75) is 52.7 Å². The van der Waals surface area contributed by atoms with Crippen molar-refractivity contribution in [1.82, 2.24) is 4.90 Å². The first kappa shape index (κ1) is 15.8. The van der Waals surface area contributed by atoms with Gasteiger partial charge in [0.25, 0.3) is 5.91 Å². The molecule has 3 nitrogen and oxygen atoms in total. The van der Waals surface area contributed by atoms with Gasteiger partial charge < -0.3 is 4.74 Å². The minimum atomic E-state index is -0.248. The lowest BCUT2D eigenvalue weighted by molar-refractivity contribution is 0.00348. The van der Waals surface area contributed by atoms with Crippen molar-refractivity contribution in [3.05, 3.63) is 46.7 Å². The highest BCUT2D eigenvalue weighted by Gasteiger charge is 2.26. The lowest BCUT2D eigenvalue weighted by Crippen LogP contribution is -2.39. The summed E-state index contributed by atoms with van der Waals surface area (Å²) in [6, 6.07) is 5.99. The zero-order valence-electron chi connectivity index (χ0n) is 13.5. The zero-order valence-corrected chi connectivity index (χ0v) is 13.5. The third kappa shape index (κ3) is 3.73. The molecule has 21 heavy (non-hydrogen) atoms. The maximum Gasteiger partial charge on any atom is 0.260 e. The molecular weight excluding hydrogens is 262 g/mol. The Balaban J connectivity index is 2.35. The van der Waals surface area contributed by atoms with E-state index in [1.807, 2.05) is 37.8 Å². The van der Waals surface area contributed by atoms with E-state index in [1.165, 1.54) is 6.42 Å². The molecule has 1 amide bonds. The number of aryl methyl sites for hydroxylation is 2. The van der Waals surface area contributed by atoms with Crippen LogP contribution < -0.4 is 0 Å². The van der Waals surface area contributed by atoms with Crippen LogP contribution in [0.25, 0.3) is 0 Å². The topological polar surface area (TPSA) is 29.5 Å². The predicted octanol–water partition coefficient (Wildman–Crippen LogP) is 4.20. The summed E-state index contributed by atoms with van der Waals surface area (Å²) in [6.45, 7) is 5.97. The quantitative estimate of drug-likeness (QED) is 0.777. The molecule has 0 spiro atoms. The molecule has 1 atom stereocenters. The second-order valence-corrected chi connectivity index (χ2v) is 5.83. The van der Waals surface area contributed by atoms with Crippen molar-refractivity contribution in [3.63, 3.8) is 0 Å². The van der Waals surface area contributed by atoms with Gasteiger partial charge in [-0.15, -0.1) is 0 Å². The first-order valence-electron chi connectivity index (χ1n) is 7.66. The molecular formula is C18H25NO2. The standard InChI is InChI=1S/C18H25NO2/c1-13-10-14(2)12-16(11-13)18(20)19(15(3)21-4)17-8-6-5-7-9-17/h8,10-12,15H,5-7,9H2,1-4H3. The van der Waals surface area contributed by atoms with E-state index < -0.39 is 0 Å². The SMILES string of the molecule is COC(C)N(C(=O)c1cc(C)cc(C)c1)C1=CCCCC1. The van der Waals surface area contributed by atoms with Crippen LogP contribution in [-0.2, 0) is 4.74 Å². The average Bonchev–Trinajstić information content (AvgIpc) is 2.47. The molecule has 0 saturated heterocycles. The molecule has 0 fully saturated rings. The molecule has 114 valence electrons. The number of amides is 1. The molecule has 1 aromatic rings. The second kappa shape index (κ2) is 6.90. The Bertz CT molecular complexity index is 528. The summed E-state index contributed by atoms with van der Waals surface area (Å²) in [6.07, 6.45) is 6.27. The first-order chi connectivity index (χ1) is 10.0. The fourth-order valence-electron chi connectivity index (χ4n) is 2.91. The monoisotopic (exact) mass is 287 g/mol. The van der Waals surface area contributed by atoms with Crippen LogP contribution in [-0.4, -0.2) is 24.1 Å². The van der Waals surface area contributed by atoms with E-state index in [2.05, 4.69) is 12.1 Å². The largest absolute Gasteiger partial charge is 0.361 e. The Morgan fingerprint density at radius 2 is 1.86 bits per heavy atom. The third-order valence-corrected chi connectivity index (χ3v) is 3.97. The Morgan fingerprint density at radius 1 is 1.19 bits per heavy atom. The number of methoxy groups -OCH3 is 1. The van der Waals surface area contributed by atoms with Crippen LogP contribution >= 0.6 is 0 Å². The van der Waals surface area contributed by atoms with Gasteiger partial charge in [-0.05, 0) is 58.6 Å². The summed E-state index contributed by atoms with van der Waals surface area (Å²) < 4.78 is 5.43. The van der Waals surface area contributed by atoms with Crippen molar-refractivity contribution >= 4 is 5.91 Å². The second-order valence-electron chi connectivity index (χ2n) is 5.83. The van der Waals surface area contributed by atoms with E-state index in [4.69, 9.17) is 4.74 Å². The first-order valence-corrected chi connectivity index (χ1v) is 7.66. The third-order valence-electron chi connectivity index (χ3n) is 3.97. The van der Waals surface area contributed by atoms with Crippen molar-refractivity contribution in [2.75, 3.05) is 7.11 Å². The molecule has 1 aliphatic rings. The van der Waals surface area contributed by atoms with Crippen LogP contribution in [0.15, 0.2) is 30.0 Å². The van der Waals surface area contributed by atoms with E-state index >= 15 is 0 Å². The molecule has 0 N–H and O–H groups in total. The average molecular weight is 287 g/mol. The lowest BCUT2D eigenvalue weighted by atomic mass is 10.0. The van der Waals surface area contributed by atoms with Gasteiger partial charge >= 0.3 is 0 Å².